The van der Waals surface area contributed by atoms with Crippen LogP contribution in [0.15, 0.2) is 18.2 Å². The van der Waals surface area contributed by atoms with Gasteiger partial charge in [-0.3, -0.25) is 0 Å². The number of hydrogen-bond donors (Lipinski definition) is 1. The minimum absolute atomic E-state index is 0.197. The van der Waals surface area contributed by atoms with Gasteiger partial charge in [-0.25, -0.2) is 4.98 Å². The molecular weight excluding hydrogens is 260 g/mol. The standard InChI is InChI=1S/C13H20N2OSSi/c1-13(2,3)18(4,5)16-9-6-7-11-10(8-9)15-12(14)17-11/h6-8H,1-5H3,(H2,14,15). The molecule has 0 spiro atoms. The zero-order valence-corrected chi connectivity index (χ0v) is 13.4. The zero-order valence-electron chi connectivity index (χ0n) is 11.6. The highest BCUT2D eigenvalue weighted by Gasteiger charge is 2.38. The van der Waals surface area contributed by atoms with E-state index < -0.39 is 8.32 Å². The van der Waals surface area contributed by atoms with Gasteiger partial charge in [-0.1, -0.05) is 32.1 Å². The summed E-state index contributed by atoms with van der Waals surface area (Å²) in [5, 5.41) is 0.803. The number of hydrogen-bond acceptors (Lipinski definition) is 4. The second-order valence-corrected chi connectivity index (χ2v) is 11.8. The Morgan fingerprint density at radius 3 is 2.56 bits per heavy atom. The first kappa shape index (κ1) is 13.4. The lowest BCUT2D eigenvalue weighted by Crippen LogP contribution is -2.43. The molecule has 0 unspecified atom stereocenters. The highest BCUT2D eigenvalue weighted by Crippen LogP contribution is 2.38. The van der Waals surface area contributed by atoms with Gasteiger partial charge < -0.3 is 10.2 Å². The first-order valence-electron chi connectivity index (χ1n) is 6.04. The fourth-order valence-electron chi connectivity index (χ4n) is 1.44. The van der Waals surface area contributed by atoms with Gasteiger partial charge in [-0.05, 0) is 30.3 Å². The average Bonchev–Trinajstić information content (AvgIpc) is 2.54. The van der Waals surface area contributed by atoms with E-state index >= 15 is 0 Å². The summed E-state index contributed by atoms with van der Waals surface area (Å²) in [7, 11) is -1.78. The first-order chi connectivity index (χ1) is 8.19. The smallest absolute Gasteiger partial charge is 0.250 e. The first-order valence-corrected chi connectivity index (χ1v) is 9.77. The third-order valence-corrected chi connectivity index (χ3v) is 8.78. The molecule has 0 aliphatic heterocycles. The van der Waals surface area contributed by atoms with Crippen LogP contribution in [0.5, 0.6) is 5.75 Å². The van der Waals surface area contributed by atoms with Crippen molar-refractivity contribution in [2.75, 3.05) is 5.73 Å². The zero-order chi connectivity index (χ0) is 13.6. The van der Waals surface area contributed by atoms with Gasteiger partial charge in [0.05, 0.1) is 10.2 Å². The Morgan fingerprint density at radius 2 is 1.94 bits per heavy atom. The second kappa shape index (κ2) is 4.24. The van der Waals surface area contributed by atoms with Gasteiger partial charge in [0.2, 0.25) is 8.32 Å². The van der Waals surface area contributed by atoms with Crippen molar-refractivity contribution in [1.29, 1.82) is 0 Å². The molecule has 98 valence electrons. The molecule has 0 amide bonds. The molecule has 0 bridgehead atoms. The highest BCUT2D eigenvalue weighted by atomic mass is 32.1. The lowest BCUT2D eigenvalue weighted by molar-refractivity contribution is 0.493. The predicted molar refractivity (Wildman–Crippen MR) is 81.9 cm³/mol. The van der Waals surface area contributed by atoms with Crippen LogP contribution in [0, 0.1) is 0 Å². The Hall–Kier alpha value is -1.07. The van der Waals surface area contributed by atoms with Gasteiger partial charge in [-0.2, -0.15) is 0 Å². The normalized spacial score (nSPS) is 12.9. The van der Waals surface area contributed by atoms with E-state index in [4.69, 9.17) is 10.2 Å². The van der Waals surface area contributed by atoms with Crippen LogP contribution >= 0.6 is 11.3 Å². The number of nitrogens with zero attached hydrogens (tertiary/aromatic N) is 1. The van der Waals surface area contributed by atoms with Gasteiger partial charge >= 0.3 is 0 Å². The number of benzene rings is 1. The SMILES string of the molecule is CC(C)(C)[Si](C)(C)Oc1ccc2sc(N)nc2c1. The quantitative estimate of drug-likeness (QED) is 0.836. The number of anilines is 1. The molecule has 0 saturated heterocycles. The van der Waals surface area contributed by atoms with Crippen molar-refractivity contribution in [3.63, 3.8) is 0 Å². The summed E-state index contributed by atoms with van der Waals surface area (Å²) in [4.78, 5) is 4.30. The summed E-state index contributed by atoms with van der Waals surface area (Å²) in [5.41, 5.74) is 6.64. The molecule has 18 heavy (non-hydrogen) atoms. The van der Waals surface area contributed by atoms with Gasteiger partial charge in [-0.15, -0.1) is 0 Å². The Morgan fingerprint density at radius 1 is 1.28 bits per heavy atom. The summed E-state index contributed by atoms with van der Waals surface area (Å²) in [5.74, 6) is 0.902. The summed E-state index contributed by atoms with van der Waals surface area (Å²) >= 11 is 1.51. The fourth-order valence-corrected chi connectivity index (χ4v) is 3.17. The van der Waals surface area contributed by atoms with Crippen LogP contribution in [-0.2, 0) is 0 Å². The molecule has 5 heteroatoms. The van der Waals surface area contributed by atoms with E-state index in [-0.39, 0.29) is 5.04 Å². The fraction of sp³-hybridized carbons (Fsp3) is 0.462. The Labute approximate surface area is 113 Å². The van der Waals surface area contributed by atoms with E-state index in [1.807, 2.05) is 18.2 Å². The maximum absolute atomic E-state index is 6.25. The summed E-state index contributed by atoms with van der Waals surface area (Å²) in [6.07, 6.45) is 0. The number of fused-ring (bicyclic) bond motifs is 1. The average molecular weight is 280 g/mol. The van der Waals surface area contributed by atoms with Crippen LogP contribution in [0.4, 0.5) is 5.13 Å². The number of thiazole rings is 1. The lowest BCUT2D eigenvalue weighted by atomic mass is 10.2. The monoisotopic (exact) mass is 280 g/mol. The van der Waals surface area contributed by atoms with Crippen molar-refractivity contribution in [1.82, 2.24) is 4.98 Å². The van der Waals surface area contributed by atoms with Crippen molar-refractivity contribution < 1.29 is 4.43 Å². The highest BCUT2D eigenvalue weighted by molar-refractivity contribution is 7.22. The van der Waals surface area contributed by atoms with Crippen LogP contribution in [-0.4, -0.2) is 13.3 Å². The number of nitrogen functional groups attached to an aromatic ring is 1. The van der Waals surface area contributed by atoms with Crippen LogP contribution in [0.25, 0.3) is 10.2 Å². The van der Waals surface area contributed by atoms with E-state index in [0.29, 0.717) is 5.13 Å². The molecule has 1 aromatic heterocycles. The molecule has 1 aromatic carbocycles. The summed E-state index contributed by atoms with van der Waals surface area (Å²) < 4.78 is 7.35. The van der Waals surface area contributed by atoms with E-state index in [1.165, 1.54) is 11.3 Å². The molecule has 0 radical (unpaired) electrons. The van der Waals surface area contributed by atoms with Gasteiger partial charge in [0.15, 0.2) is 5.13 Å². The molecule has 0 atom stereocenters. The predicted octanol–water partition coefficient (Wildman–Crippen LogP) is 4.26. The number of nitrogens with two attached hydrogens (primary N) is 1. The van der Waals surface area contributed by atoms with E-state index in [0.717, 1.165) is 16.0 Å². The van der Waals surface area contributed by atoms with Crippen molar-refractivity contribution in [3.05, 3.63) is 18.2 Å². The molecule has 0 aliphatic carbocycles. The van der Waals surface area contributed by atoms with Crippen LogP contribution in [0.1, 0.15) is 20.8 Å². The third-order valence-electron chi connectivity index (χ3n) is 3.55. The van der Waals surface area contributed by atoms with Crippen LogP contribution in [0.2, 0.25) is 18.1 Å². The molecule has 2 N–H and O–H groups in total. The van der Waals surface area contributed by atoms with Crippen molar-refractivity contribution in [3.8, 4) is 5.75 Å². The molecule has 2 rings (SSSR count). The maximum Gasteiger partial charge on any atom is 0.250 e. The molecule has 1 heterocycles. The topological polar surface area (TPSA) is 48.1 Å². The Balaban J connectivity index is 2.32. The number of rotatable bonds is 2. The molecule has 0 aliphatic rings. The molecule has 0 saturated carbocycles. The largest absolute Gasteiger partial charge is 0.543 e. The molecule has 2 aromatic rings. The Kier molecular flexibility index (Phi) is 3.15. The van der Waals surface area contributed by atoms with Crippen molar-refractivity contribution in [2.45, 2.75) is 38.9 Å². The Bertz CT molecular complexity index is 572. The minimum Gasteiger partial charge on any atom is -0.543 e. The summed E-state index contributed by atoms with van der Waals surface area (Å²) in [6.45, 7) is 11.2. The van der Waals surface area contributed by atoms with E-state index in [1.54, 1.807) is 0 Å². The lowest BCUT2D eigenvalue weighted by Gasteiger charge is -2.36. The van der Waals surface area contributed by atoms with Gasteiger partial charge in [0.25, 0.3) is 0 Å². The number of aromatic nitrogens is 1. The van der Waals surface area contributed by atoms with Gasteiger partial charge in [0.1, 0.15) is 5.75 Å². The third kappa shape index (κ3) is 2.52. The molecule has 3 nitrogen and oxygen atoms in total. The maximum atomic E-state index is 6.25. The van der Waals surface area contributed by atoms with Crippen molar-refractivity contribution >= 4 is 35.0 Å². The van der Waals surface area contributed by atoms with Crippen LogP contribution < -0.4 is 10.2 Å². The molecular formula is C13H20N2OSSi. The van der Waals surface area contributed by atoms with Crippen molar-refractivity contribution in [2.24, 2.45) is 0 Å². The second-order valence-electron chi connectivity index (χ2n) is 6.04. The molecule has 0 fully saturated rings. The van der Waals surface area contributed by atoms with E-state index in [9.17, 15) is 0 Å². The minimum atomic E-state index is -1.78. The van der Waals surface area contributed by atoms with Gasteiger partial charge in [0, 0.05) is 6.07 Å². The van der Waals surface area contributed by atoms with E-state index in [2.05, 4.69) is 38.8 Å². The summed E-state index contributed by atoms with van der Waals surface area (Å²) in [6, 6.07) is 6.04. The van der Waals surface area contributed by atoms with Crippen LogP contribution in [0.3, 0.4) is 0 Å².